The first-order chi connectivity index (χ1) is 17.6. The van der Waals surface area contributed by atoms with Gasteiger partial charge in [-0.2, -0.15) is 43.8 Å². The molecule has 1 atom stereocenters. The molecule has 0 bridgehead atoms. The smallest absolute Gasteiger partial charge is 0.512 e. The van der Waals surface area contributed by atoms with Crippen LogP contribution in [0.3, 0.4) is 0 Å². The number of rotatable bonds is 12. The first-order valence-corrected chi connectivity index (χ1v) is 15.0. The average Bonchev–Trinajstić information content (AvgIpc) is 2.81. The van der Waals surface area contributed by atoms with Crippen LogP contribution in [0.4, 0.5) is 39.5 Å². The Bertz CT molecular complexity index is 1320. The molecule has 40 heavy (non-hydrogen) atoms. The van der Waals surface area contributed by atoms with E-state index in [1.807, 2.05) is 0 Å². The zero-order valence-corrected chi connectivity index (χ0v) is 22.7. The number of nitrogens with one attached hydrogen (secondary N) is 1. The Morgan fingerprint density at radius 1 is 0.900 bits per heavy atom. The summed E-state index contributed by atoms with van der Waals surface area (Å²) in [6.45, 7) is -0.0685. The fourth-order valence-electron chi connectivity index (χ4n) is 3.09. The Balaban J connectivity index is 3.27. The molecular formula is C17H23F9N2O9S3. The molecule has 0 radical (unpaired) electrons. The molecule has 1 rings (SSSR count). The summed E-state index contributed by atoms with van der Waals surface area (Å²) in [6.07, 6.45) is -0.557. The highest BCUT2D eigenvalue weighted by Gasteiger charge is 2.83. The lowest BCUT2D eigenvalue weighted by molar-refractivity contribution is -0.245. The molecule has 1 aliphatic heterocycles. The fourth-order valence-corrected chi connectivity index (χ4v) is 7.04. The maximum absolute atomic E-state index is 14.4. The van der Waals surface area contributed by atoms with Gasteiger partial charge in [0.2, 0.25) is 0 Å². The molecule has 0 aromatic rings. The van der Waals surface area contributed by atoms with Crippen LogP contribution in [-0.4, -0.2) is 87.2 Å². The summed E-state index contributed by atoms with van der Waals surface area (Å²) < 4.78 is 190. The molecular weight excluding hydrogens is 643 g/mol. The molecule has 1 fully saturated rings. The Labute approximate surface area is 222 Å². The van der Waals surface area contributed by atoms with Crippen LogP contribution in [0.2, 0.25) is 0 Å². The van der Waals surface area contributed by atoms with Gasteiger partial charge in [-0.3, -0.25) is 4.79 Å². The number of sulfonamides is 3. The van der Waals surface area contributed by atoms with Crippen molar-refractivity contribution < 1.29 is 79.8 Å². The quantitative estimate of drug-likeness (QED) is 0.160. The van der Waals surface area contributed by atoms with Crippen molar-refractivity contribution in [3.8, 4) is 0 Å². The van der Waals surface area contributed by atoms with Crippen molar-refractivity contribution in [3.63, 3.8) is 0 Å². The number of piperidine rings is 1. The predicted octanol–water partition coefficient (Wildman–Crippen LogP) is 2.04. The Morgan fingerprint density at radius 2 is 1.35 bits per heavy atom. The molecule has 1 heterocycles. The van der Waals surface area contributed by atoms with Gasteiger partial charge in [-0.05, 0) is 19.3 Å². The van der Waals surface area contributed by atoms with Crippen LogP contribution in [0.5, 0.6) is 0 Å². The maximum Gasteiger partial charge on any atom is 0.512 e. The zero-order chi connectivity index (χ0) is 32.0. The SMILES string of the molecule is CCC(C)(CO)C(O)=CC(=O)C1CCN(S(=O)(=O)C(F)(F)C(F)(F)C(F)(F)S(=O)(=O)NS(=O)(=O)C(F)(F)F)CC1. The van der Waals surface area contributed by atoms with E-state index < -0.39 is 116 Å². The number of aliphatic hydroxyl groups is 2. The molecule has 3 N–H and O–H groups in total. The normalized spacial score (nSPS) is 19.9. The molecule has 236 valence electrons. The average molecular weight is 667 g/mol. The number of carbonyl (C=O) groups is 1. The Hall–Kier alpha value is -1.69. The number of nitrogens with zero attached hydrogens (tertiary/aromatic N) is 1. The maximum atomic E-state index is 14.4. The number of alkyl halides is 9. The molecule has 1 aliphatic rings. The second-order valence-corrected chi connectivity index (χ2v) is 14.5. The van der Waals surface area contributed by atoms with E-state index in [1.165, 1.54) is 6.92 Å². The standard InChI is InChI=1S/C17H23F9N2O9S3/c1-3-13(2,9-29)12(31)8-11(30)10-4-6-28(7-5-10)40(36,37)16(22,23)14(18,19)15(20,21)38(32,33)27-39(34,35)17(24,25)26/h8,10,27,29,31H,3-7,9H2,1-2H3. The lowest BCUT2D eigenvalue weighted by atomic mass is 9.84. The minimum absolute atomic E-state index is 0.150. The number of hydrogen-bond donors (Lipinski definition) is 3. The van der Waals surface area contributed by atoms with Crippen molar-refractivity contribution in [2.75, 3.05) is 19.7 Å². The summed E-state index contributed by atoms with van der Waals surface area (Å²) in [4.78, 5) is 12.4. The van der Waals surface area contributed by atoms with Gasteiger partial charge in [-0.1, -0.05) is 18.0 Å². The summed E-state index contributed by atoms with van der Waals surface area (Å²) in [7, 11) is -22.2. The van der Waals surface area contributed by atoms with Gasteiger partial charge in [-0.15, -0.1) is 0 Å². The van der Waals surface area contributed by atoms with Gasteiger partial charge >= 0.3 is 32.0 Å². The monoisotopic (exact) mass is 666 g/mol. The van der Waals surface area contributed by atoms with Crippen molar-refractivity contribution in [3.05, 3.63) is 11.8 Å². The summed E-state index contributed by atoms with van der Waals surface area (Å²) in [5.41, 5.74) is -7.94. The van der Waals surface area contributed by atoms with Gasteiger partial charge in [0.1, 0.15) is 5.76 Å². The van der Waals surface area contributed by atoms with E-state index in [4.69, 9.17) is 0 Å². The highest BCUT2D eigenvalue weighted by Crippen LogP contribution is 2.52. The minimum Gasteiger partial charge on any atom is -0.512 e. The summed E-state index contributed by atoms with van der Waals surface area (Å²) in [6, 6.07) is 0. The van der Waals surface area contributed by atoms with Crippen molar-refractivity contribution in [1.82, 2.24) is 8.43 Å². The molecule has 11 nitrogen and oxygen atoms in total. The van der Waals surface area contributed by atoms with Gasteiger partial charge in [0, 0.05) is 30.5 Å². The van der Waals surface area contributed by atoms with E-state index in [2.05, 4.69) is 0 Å². The first-order valence-electron chi connectivity index (χ1n) is 10.6. The molecule has 0 aromatic carbocycles. The second-order valence-electron chi connectivity index (χ2n) is 8.83. The highest BCUT2D eigenvalue weighted by molar-refractivity contribution is 8.05. The van der Waals surface area contributed by atoms with Crippen molar-refractivity contribution in [1.29, 1.82) is 0 Å². The second kappa shape index (κ2) is 11.2. The zero-order valence-electron chi connectivity index (χ0n) is 20.2. The van der Waals surface area contributed by atoms with Crippen LogP contribution < -0.4 is 4.13 Å². The topological polar surface area (TPSA) is 175 Å². The number of halogens is 9. The van der Waals surface area contributed by atoms with Gasteiger partial charge in [0.15, 0.2) is 5.78 Å². The third-order valence-corrected chi connectivity index (χ3v) is 11.4. The summed E-state index contributed by atoms with van der Waals surface area (Å²) >= 11 is 0. The number of ketones is 1. The van der Waals surface area contributed by atoms with Gasteiger partial charge in [-0.25, -0.2) is 25.3 Å². The molecule has 0 saturated carbocycles. The largest absolute Gasteiger partial charge is 0.512 e. The van der Waals surface area contributed by atoms with E-state index in [-0.39, 0.29) is 6.42 Å². The van der Waals surface area contributed by atoms with Gasteiger partial charge in [0.05, 0.1) is 6.61 Å². The minimum atomic E-state index is -7.88. The summed E-state index contributed by atoms with van der Waals surface area (Å²) in [5, 5.41) is 4.94. The predicted molar refractivity (Wildman–Crippen MR) is 116 cm³/mol. The number of carbonyl (C=O) groups excluding carboxylic acids is 1. The first kappa shape index (κ1) is 36.3. The van der Waals surface area contributed by atoms with Gasteiger partial charge < -0.3 is 10.2 Å². The lowest BCUT2D eigenvalue weighted by Crippen LogP contribution is -2.65. The molecule has 1 unspecified atom stereocenters. The van der Waals surface area contributed by atoms with Crippen LogP contribution in [0.25, 0.3) is 0 Å². The van der Waals surface area contributed by atoms with Crippen molar-refractivity contribution in [2.24, 2.45) is 11.3 Å². The molecule has 0 spiro atoms. The Morgan fingerprint density at radius 3 is 1.73 bits per heavy atom. The number of hydrogen-bond acceptors (Lipinski definition) is 9. The van der Waals surface area contributed by atoms with Crippen LogP contribution in [0, 0.1) is 11.3 Å². The third kappa shape index (κ3) is 6.22. The van der Waals surface area contributed by atoms with Crippen LogP contribution in [0.15, 0.2) is 11.8 Å². The number of aliphatic hydroxyl groups excluding tert-OH is 2. The van der Waals surface area contributed by atoms with E-state index >= 15 is 0 Å². The summed E-state index contributed by atoms with van der Waals surface area (Å²) in [5.74, 6) is -10.2. The number of allylic oxidation sites excluding steroid dienone is 1. The molecule has 0 aliphatic carbocycles. The van der Waals surface area contributed by atoms with E-state index in [0.717, 1.165) is 0 Å². The Kier molecular flexibility index (Phi) is 10.2. The molecule has 23 heteroatoms. The van der Waals surface area contributed by atoms with Crippen molar-refractivity contribution in [2.45, 2.75) is 55.0 Å². The van der Waals surface area contributed by atoms with Crippen molar-refractivity contribution >= 4 is 35.9 Å². The van der Waals surface area contributed by atoms with Crippen LogP contribution >= 0.6 is 0 Å². The third-order valence-electron chi connectivity index (χ3n) is 6.14. The molecule has 0 amide bonds. The van der Waals surface area contributed by atoms with Gasteiger partial charge in [0.25, 0.3) is 20.0 Å². The molecule has 0 aromatic heterocycles. The fraction of sp³-hybridized carbons (Fsp3) is 0.824. The van der Waals surface area contributed by atoms with E-state index in [9.17, 15) is 79.8 Å². The van der Waals surface area contributed by atoms with E-state index in [1.54, 1.807) is 6.92 Å². The lowest BCUT2D eigenvalue weighted by Gasteiger charge is -2.37. The molecule has 1 saturated heterocycles. The van der Waals surface area contributed by atoms with Crippen LogP contribution in [-0.2, 0) is 34.9 Å². The highest BCUT2D eigenvalue weighted by atomic mass is 32.3. The van der Waals surface area contributed by atoms with Crippen LogP contribution in [0.1, 0.15) is 33.1 Å². The van der Waals surface area contributed by atoms with E-state index in [0.29, 0.717) is 6.08 Å².